The van der Waals surface area contributed by atoms with Crippen molar-refractivity contribution in [2.24, 2.45) is 5.92 Å². The molecule has 1 saturated heterocycles. The van der Waals surface area contributed by atoms with Gasteiger partial charge in [0.15, 0.2) is 11.2 Å². The fourth-order valence-electron chi connectivity index (χ4n) is 2.57. The number of nitrogens with zero attached hydrogens (tertiary/aromatic N) is 3. The number of imidazole rings is 1. The molecule has 0 amide bonds. The molecular weight excluding hydrogens is 302 g/mol. The molecule has 1 aliphatic heterocycles. The fourth-order valence-corrected chi connectivity index (χ4v) is 2.57. The first kappa shape index (κ1) is 15.9. The number of H-pyrrole nitrogens is 1. The maximum atomic E-state index is 12.1. The number of anilines is 1. The Kier molecular flexibility index (Phi) is 4.33. The van der Waals surface area contributed by atoms with E-state index in [0.717, 1.165) is 0 Å². The van der Waals surface area contributed by atoms with Crippen molar-refractivity contribution in [3.63, 3.8) is 0 Å². The largest absolute Gasteiger partial charge is 0.394 e. The van der Waals surface area contributed by atoms with Gasteiger partial charge in [-0.05, 0) is 5.92 Å². The van der Waals surface area contributed by atoms with Crippen LogP contribution in [0.3, 0.4) is 0 Å². The molecule has 0 saturated carbocycles. The molecule has 0 radical (unpaired) electrons. The van der Waals surface area contributed by atoms with Gasteiger partial charge in [-0.3, -0.25) is 14.3 Å². The summed E-state index contributed by atoms with van der Waals surface area (Å²) < 4.78 is 7.22. The molecular formula is C14H21N5O4. The summed E-state index contributed by atoms with van der Waals surface area (Å²) in [4.78, 5) is 23.2. The SMILES string of the molecule is CC(C)CNc1nc2c(ncn2[C@@H]2C[C@@H](O)[C@@H](CO)O2)c(=O)[nH]1. The van der Waals surface area contributed by atoms with Gasteiger partial charge < -0.3 is 20.3 Å². The number of aromatic nitrogens is 4. The number of hydrogen-bond acceptors (Lipinski definition) is 7. The summed E-state index contributed by atoms with van der Waals surface area (Å²) in [6, 6.07) is 0. The van der Waals surface area contributed by atoms with E-state index in [9.17, 15) is 15.0 Å². The molecule has 3 atom stereocenters. The summed E-state index contributed by atoms with van der Waals surface area (Å²) in [5, 5.41) is 22.1. The number of fused-ring (bicyclic) bond motifs is 1. The van der Waals surface area contributed by atoms with Crippen molar-refractivity contribution < 1.29 is 14.9 Å². The summed E-state index contributed by atoms with van der Waals surface area (Å²) in [6.07, 6.45) is -0.142. The number of aromatic amines is 1. The summed E-state index contributed by atoms with van der Waals surface area (Å²) >= 11 is 0. The van der Waals surface area contributed by atoms with Crippen LogP contribution < -0.4 is 10.9 Å². The van der Waals surface area contributed by atoms with Gasteiger partial charge in [0, 0.05) is 13.0 Å². The van der Waals surface area contributed by atoms with Crippen LogP contribution in [0.4, 0.5) is 5.95 Å². The van der Waals surface area contributed by atoms with E-state index in [0.29, 0.717) is 30.5 Å². The minimum Gasteiger partial charge on any atom is -0.394 e. The predicted molar refractivity (Wildman–Crippen MR) is 83.1 cm³/mol. The van der Waals surface area contributed by atoms with Crippen LogP contribution >= 0.6 is 0 Å². The van der Waals surface area contributed by atoms with Crippen LogP contribution in [-0.4, -0.2) is 55.1 Å². The van der Waals surface area contributed by atoms with Crippen molar-refractivity contribution in [1.82, 2.24) is 19.5 Å². The quantitative estimate of drug-likeness (QED) is 0.602. The third-order valence-electron chi connectivity index (χ3n) is 3.80. The highest BCUT2D eigenvalue weighted by Crippen LogP contribution is 2.30. The summed E-state index contributed by atoms with van der Waals surface area (Å²) in [7, 11) is 0. The molecule has 2 aromatic heterocycles. The molecule has 0 unspecified atom stereocenters. The monoisotopic (exact) mass is 323 g/mol. The third-order valence-corrected chi connectivity index (χ3v) is 3.80. The Morgan fingerprint density at radius 3 is 3.00 bits per heavy atom. The van der Waals surface area contributed by atoms with Gasteiger partial charge in [0.2, 0.25) is 5.95 Å². The van der Waals surface area contributed by atoms with E-state index in [1.807, 2.05) is 0 Å². The Morgan fingerprint density at radius 1 is 1.57 bits per heavy atom. The van der Waals surface area contributed by atoms with Gasteiger partial charge in [-0.1, -0.05) is 13.8 Å². The minimum absolute atomic E-state index is 0.214. The molecule has 1 fully saturated rings. The van der Waals surface area contributed by atoms with Crippen molar-refractivity contribution in [3.05, 3.63) is 16.7 Å². The van der Waals surface area contributed by atoms with Crippen LogP contribution in [0.5, 0.6) is 0 Å². The van der Waals surface area contributed by atoms with Crippen LogP contribution in [0.2, 0.25) is 0 Å². The van der Waals surface area contributed by atoms with Crippen molar-refractivity contribution in [1.29, 1.82) is 0 Å². The zero-order valence-corrected chi connectivity index (χ0v) is 13.1. The Labute approximate surface area is 132 Å². The lowest BCUT2D eigenvalue weighted by molar-refractivity contribution is -0.0432. The van der Waals surface area contributed by atoms with Crippen LogP contribution in [-0.2, 0) is 4.74 Å². The average molecular weight is 323 g/mol. The van der Waals surface area contributed by atoms with E-state index in [2.05, 4.69) is 34.1 Å². The Hall–Kier alpha value is -1.97. The molecule has 126 valence electrons. The lowest BCUT2D eigenvalue weighted by atomic mass is 10.2. The third kappa shape index (κ3) is 3.07. The van der Waals surface area contributed by atoms with Crippen LogP contribution in [0, 0.1) is 5.92 Å². The topological polar surface area (TPSA) is 125 Å². The zero-order valence-electron chi connectivity index (χ0n) is 13.1. The average Bonchev–Trinajstić information content (AvgIpc) is 3.08. The van der Waals surface area contributed by atoms with Crippen molar-refractivity contribution in [3.8, 4) is 0 Å². The zero-order chi connectivity index (χ0) is 16.6. The standard InChI is InChI=1S/C14H21N5O4/c1-7(2)4-15-14-17-12-11(13(22)18-14)16-6-19(12)10-3-8(21)9(5-20)23-10/h6-10,20-21H,3-5H2,1-2H3,(H2,15,17,18,22)/t8-,9-,10+/m1/s1. The number of rotatable bonds is 5. The molecule has 0 bridgehead atoms. The van der Waals surface area contributed by atoms with E-state index in [1.165, 1.54) is 6.33 Å². The second kappa shape index (κ2) is 6.26. The van der Waals surface area contributed by atoms with Gasteiger partial charge in [0.25, 0.3) is 5.56 Å². The van der Waals surface area contributed by atoms with Crippen LogP contribution in [0.1, 0.15) is 26.5 Å². The molecule has 9 heteroatoms. The van der Waals surface area contributed by atoms with Gasteiger partial charge >= 0.3 is 0 Å². The summed E-state index contributed by atoms with van der Waals surface area (Å²) in [5.74, 6) is 0.773. The summed E-state index contributed by atoms with van der Waals surface area (Å²) in [6.45, 7) is 4.51. The molecule has 1 aliphatic rings. The molecule has 3 heterocycles. The maximum Gasteiger partial charge on any atom is 0.280 e. The highest BCUT2D eigenvalue weighted by Gasteiger charge is 2.35. The lowest BCUT2D eigenvalue weighted by Crippen LogP contribution is -2.24. The van der Waals surface area contributed by atoms with E-state index >= 15 is 0 Å². The highest BCUT2D eigenvalue weighted by molar-refractivity contribution is 5.70. The van der Waals surface area contributed by atoms with Crippen LogP contribution in [0.25, 0.3) is 11.2 Å². The van der Waals surface area contributed by atoms with Gasteiger partial charge in [-0.15, -0.1) is 0 Å². The highest BCUT2D eigenvalue weighted by atomic mass is 16.5. The Morgan fingerprint density at radius 2 is 2.35 bits per heavy atom. The number of ether oxygens (including phenoxy) is 1. The van der Waals surface area contributed by atoms with E-state index in [1.54, 1.807) is 4.57 Å². The predicted octanol–water partition coefficient (Wildman–Crippen LogP) is -0.172. The number of aliphatic hydroxyl groups is 2. The Balaban J connectivity index is 1.94. The first-order valence-corrected chi connectivity index (χ1v) is 7.64. The van der Waals surface area contributed by atoms with E-state index < -0.39 is 18.4 Å². The molecule has 0 aromatic carbocycles. The molecule has 0 spiro atoms. The normalized spacial score (nSPS) is 24.7. The lowest BCUT2D eigenvalue weighted by Gasteiger charge is -2.14. The molecule has 4 N–H and O–H groups in total. The van der Waals surface area contributed by atoms with E-state index in [-0.39, 0.29) is 17.7 Å². The van der Waals surface area contributed by atoms with Crippen molar-refractivity contribution >= 4 is 17.1 Å². The van der Waals surface area contributed by atoms with Crippen molar-refractivity contribution in [2.45, 2.75) is 38.7 Å². The molecule has 3 rings (SSSR count). The molecule has 0 aliphatic carbocycles. The van der Waals surface area contributed by atoms with E-state index in [4.69, 9.17) is 4.74 Å². The smallest absolute Gasteiger partial charge is 0.280 e. The molecule has 9 nitrogen and oxygen atoms in total. The van der Waals surface area contributed by atoms with Gasteiger partial charge in [-0.2, -0.15) is 4.98 Å². The maximum absolute atomic E-state index is 12.1. The minimum atomic E-state index is -0.761. The van der Waals surface area contributed by atoms with Crippen LogP contribution in [0.15, 0.2) is 11.1 Å². The second-order valence-corrected chi connectivity index (χ2v) is 6.13. The van der Waals surface area contributed by atoms with Gasteiger partial charge in [-0.25, -0.2) is 4.98 Å². The number of aliphatic hydroxyl groups excluding tert-OH is 2. The number of nitrogens with one attached hydrogen (secondary N) is 2. The van der Waals surface area contributed by atoms with Gasteiger partial charge in [0.05, 0.1) is 19.0 Å². The fraction of sp³-hybridized carbons (Fsp3) is 0.643. The number of hydrogen-bond donors (Lipinski definition) is 4. The van der Waals surface area contributed by atoms with Gasteiger partial charge in [0.1, 0.15) is 12.3 Å². The molecule has 2 aromatic rings. The second-order valence-electron chi connectivity index (χ2n) is 6.13. The first-order valence-electron chi connectivity index (χ1n) is 7.64. The molecule has 23 heavy (non-hydrogen) atoms. The summed E-state index contributed by atoms with van der Waals surface area (Å²) in [5.41, 5.74) is 0.263. The first-order chi connectivity index (χ1) is 11.0. The Bertz CT molecular complexity index is 740. The van der Waals surface area contributed by atoms with Crippen molar-refractivity contribution in [2.75, 3.05) is 18.5 Å².